The Morgan fingerprint density at radius 1 is 1.29 bits per heavy atom. The Morgan fingerprint density at radius 2 is 1.95 bits per heavy atom. The van der Waals surface area contributed by atoms with Gasteiger partial charge in [-0.25, -0.2) is 9.97 Å². The maximum atomic E-state index is 11.2. The van der Waals surface area contributed by atoms with E-state index in [-0.39, 0.29) is 11.2 Å². The summed E-state index contributed by atoms with van der Waals surface area (Å²) in [6.07, 6.45) is 1.69. The van der Waals surface area contributed by atoms with Crippen LogP contribution >= 0.6 is 11.6 Å². The molecule has 21 heavy (non-hydrogen) atoms. The van der Waals surface area contributed by atoms with Gasteiger partial charge in [-0.1, -0.05) is 42.8 Å². The van der Waals surface area contributed by atoms with E-state index in [9.17, 15) is 4.79 Å². The molecule has 0 radical (unpaired) electrons. The van der Waals surface area contributed by atoms with Crippen LogP contribution in [0.2, 0.25) is 5.15 Å². The summed E-state index contributed by atoms with van der Waals surface area (Å²) < 4.78 is 0. The summed E-state index contributed by atoms with van der Waals surface area (Å²) in [5, 5.41) is 3.40. The molecule has 1 heterocycles. The zero-order valence-corrected chi connectivity index (χ0v) is 13.1. The molecule has 1 aromatic heterocycles. The topological polar surface area (TPSA) is 54.9 Å². The van der Waals surface area contributed by atoms with Crippen molar-refractivity contribution in [3.8, 4) is 0 Å². The van der Waals surface area contributed by atoms with E-state index in [1.165, 1.54) is 5.56 Å². The summed E-state index contributed by atoms with van der Waals surface area (Å²) in [7, 11) is 0. The van der Waals surface area contributed by atoms with Crippen LogP contribution in [0.3, 0.4) is 0 Å². The predicted octanol–water partition coefficient (Wildman–Crippen LogP) is 3.99. The summed E-state index contributed by atoms with van der Waals surface area (Å²) in [5.41, 5.74) is 2.70. The van der Waals surface area contributed by atoms with E-state index in [0.717, 1.165) is 12.0 Å². The van der Waals surface area contributed by atoms with Gasteiger partial charge in [0.25, 0.3) is 0 Å². The van der Waals surface area contributed by atoms with Crippen molar-refractivity contribution in [2.75, 3.05) is 5.32 Å². The monoisotopic (exact) mass is 303 g/mol. The van der Waals surface area contributed by atoms with Crippen LogP contribution in [0.5, 0.6) is 0 Å². The van der Waals surface area contributed by atoms with Gasteiger partial charge in [0.15, 0.2) is 6.29 Å². The molecule has 0 aliphatic rings. The van der Waals surface area contributed by atoms with Gasteiger partial charge in [0.1, 0.15) is 16.8 Å². The van der Waals surface area contributed by atoms with E-state index in [1.54, 1.807) is 6.92 Å². The number of halogens is 1. The molecule has 1 N–H and O–H groups in total. The van der Waals surface area contributed by atoms with Crippen LogP contribution in [-0.2, 0) is 6.42 Å². The van der Waals surface area contributed by atoms with Crippen molar-refractivity contribution in [3.05, 3.63) is 51.9 Å². The summed E-state index contributed by atoms with van der Waals surface area (Å²) in [6, 6.07) is 8.37. The first-order valence-corrected chi connectivity index (χ1v) is 7.27. The smallest absolute Gasteiger partial charge is 0.156 e. The number of aldehydes is 1. The molecule has 2 aromatic rings. The van der Waals surface area contributed by atoms with E-state index in [2.05, 4.69) is 46.5 Å². The molecule has 1 aromatic carbocycles. The first-order chi connectivity index (χ1) is 10.0. The lowest BCUT2D eigenvalue weighted by molar-refractivity contribution is 0.112. The highest BCUT2D eigenvalue weighted by atomic mass is 35.5. The fourth-order valence-electron chi connectivity index (χ4n) is 2.09. The maximum absolute atomic E-state index is 11.2. The third-order valence-corrected chi connectivity index (χ3v) is 3.66. The van der Waals surface area contributed by atoms with Gasteiger partial charge in [0.2, 0.25) is 0 Å². The van der Waals surface area contributed by atoms with Crippen LogP contribution in [0.4, 0.5) is 5.82 Å². The molecule has 2 rings (SSSR count). The van der Waals surface area contributed by atoms with Gasteiger partial charge in [0.05, 0.1) is 5.56 Å². The number of aryl methyl sites for hydroxylation is 2. The third-order valence-electron chi connectivity index (χ3n) is 3.37. The average molecular weight is 304 g/mol. The minimum absolute atomic E-state index is 0.0139. The zero-order valence-electron chi connectivity index (χ0n) is 12.4. The van der Waals surface area contributed by atoms with Gasteiger partial charge >= 0.3 is 0 Å². The minimum Gasteiger partial charge on any atom is -0.363 e. The van der Waals surface area contributed by atoms with Gasteiger partial charge < -0.3 is 5.32 Å². The van der Waals surface area contributed by atoms with Crippen molar-refractivity contribution in [1.29, 1.82) is 0 Å². The van der Waals surface area contributed by atoms with Crippen molar-refractivity contribution in [1.82, 2.24) is 9.97 Å². The number of carbonyl (C=O) groups excluding carboxylic acids is 1. The SMILES string of the molecule is CCc1ccc(C(C)Nc2nc(C)nc(Cl)c2C=O)cc1. The number of hydrogen-bond donors (Lipinski definition) is 1. The molecule has 0 saturated carbocycles. The van der Waals surface area contributed by atoms with Gasteiger partial charge in [-0.15, -0.1) is 0 Å². The first-order valence-electron chi connectivity index (χ1n) is 6.89. The fourth-order valence-corrected chi connectivity index (χ4v) is 2.35. The summed E-state index contributed by atoms with van der Waals surface area (Å²) in [4.78, 5) is 19.4. The van der Waals surface area contributed by atoms with Crippen molar-refractivity contribution in [3.63, 3.8) is 0 Å². The van der Waals surface area contributed by atoms with Gasteiger partial charge in [-0.05, 0) is 31.4 Å². The molecule has 0 saturated heterocycles. The number of benzene rings is 1. The van der Waals surface area contributed by atoms with Crippen molar-refractivity contribution in [2.24, 2.45) is 0 Å². The Labute approximate surface area is 129 Å². The van der Waals surface area contributed by atoms with Crippen LogP contribution in [-0.4, -0.2) is 16.3 Å². The van der Waals surface area contributed by atoms with Crippen molar-refractivity contribution in [2.45, 2.75) is 33.2 Å². The zero-order chi connectivity index (χ0) is 15.4. The van der Waals surface area contributed by atoms with Crippen molar-refractivity contribution < 1.29 is 4.79 Å². The molecule has 1 atom stereocenters. The Kier molecular flexibility index (Phi) is 4.91. The van der Waals surface area contributed by atoms with E-state index in [0.29, 0.717) is 23.5 Å². The number of nitrogens with zero attached hydrogens (tertiary/aromatic N) is 2. The van der Waals surface area contributed by atoms with Crippen LogP contribution < -0.4 is 5.32 Å². The molecule has 110 valence electrons. The summed E-state index contributed by atoms with van der Waals surface area (Å²) in [5.74, 6) is 0.996. The van der Waals surface area contributed by atoms with Crippen LogP contribution in [0, 0.1) is 6.92 Å². The molecule has 4 nitrogen and oxygen atoms in total. The molecule has 0 aliphatic heterocycles. The quantitative estimate of drug-likeness (QED) is 0.670. The predicted molar refractivity (Wildman–Crippen MR) is 85.0 cm³/mol. The Balaban J connectivity index is 2.26. The highest BCUT2D eigenvalue weighted by Crippen LogP contribution is 2.24. The molecular formula is C16H18ClN3O. The summed E-state index contributed by atoms with van der Waals surface area (Å²) >= 11 is 5.98. The number of rotatable bonds is 5. The lowest BCUT2D eigenvalue weighted by atomic mass is 10.0. The van der Waals surface area contributed by atoms with Crippen LogP contribution in [0.25, 0.3) is 0 Å². The van der Waals surface area contributed by atoms with E-state index >= 15 is 0 Å². The van der Waals surface area contributed by atoms with Gasteiger partial charge in [0, 0.05) is 6.04 Å². The molecule has 0 bridgehead atoms. The number of nitrogens with one attached hydrogen (secondary N) is 1. The first kappa shape index (κ1) is 15.4. The Bertz CT molecular complexity index is 641. The Hall–Kier alpha value is -1.94. The number of anilines is 1. The van der Waals surface area contributed by atoms with E-state index in [4.69, 9.17) is 11.6 Å². The normalized spacial score (nSPS) is 12.0. The minimum atomic E-state index is 0.0139. The van der Waals surface area contributed by atoms with E-state index in [1.807, 2.05) is 6.92 Å². The average Bonchev–Trinajstić information content (AvgIpc) is 2.47. The second-order valence-corrected chi connectivity index (χ2v) is 5.26. The second-order valence-electron chi connectivity index (χ2n) is 4.90. The maximum Gasteiger partial charge on any atom is 0.156 e. The fraction of sp³-hybridized carbons (Fsp3) is 0.312. The third kappa shape index (κ3) is 3.58. The standard InChI is InChI=1S/C16H18ClN3O/c1-4-12-5-7-13(8-6-12)10(2)18-16-14(9-21)15(17)19-11(3)20-16/h5-10H,4H2,1-3H3,(H,18,19,20). The largest absolute Gasteiger partial charge is 0.363 e. The number of carbonyl (C=O) groups is 1. The van der Waals surface area contributed by atoms with Gasteiger partial charge in [-0.2, -0.15) is 0 Å². The highest BCUT2D eigenvalue weighted by molar-refractivity contribution is 6.32. The van der Waals surface area contributed by atoms with Crippen LogP contribution in [0.15, 0.2) is 24.3 Å². The molecule has 1 unspecified atom stereocenters. The molecule has 5 heteroatoms. The number of aromatic nitrogens is 2. The molecular weight excluding hydrogens is 286 g/mol. The molecule has 0 amide bonds. The van der Waals surface area contributed by atoms with E-state index < -0.39 is 0 Å². The second kappa shape index (κ2) is 6.68. The molecule has 0 spiro atoms. The molecule has 0 fully saturated rings. The number of hydrogen-bond acceptors (Lipinski definition) is 4. The lowest BCUT2D eigenvalue weighted by Gasteiger charge is -2.17. The highest BCUT2D eigenvalue weighted by Gasteiger charge is 2.14. The van der Waals surface area contributed by atoms with Crippen LogP contribution in [0.1, 0.15) is 47.2 Å². The summed E-state index contributed by atoms with van der Waals surface area (Å²) in [6.45, 7) is 5.88. The van der Waals surface area contributed by atoms with Gasteiger partial charge in [-0.3, -0.25) is 4.79 Å². The lowest BCUT2D eigenvalue weighted by Crippen LogP contribution is -2.11. The molecule has 0 aliphatic carbocycles. The van der Waals surface area contributed by atoms with Crippen molar-refractivity contribution >= 4 is 23.7 Å². The Morgan fingerprint density at radius 3 is 2.52 bits per heavy atom.